The number of aliphatic carboxylic acids is 1. The van der Waals surface area contributed by atoms with Gasteiger partial charge in [-0.25, -0.2) is 9.59 Å². The van der Waals surface area contributed by atoms with E-state index in [4.69, 9.17) is 0 Å². The van der Waals surface area contributed by atoms with Crippen molar-refractivity contribution in [3.63, 3.8) is 0 Å². The maximum absolute atomic E-state index is 11.5. The summed E-state index contributed by atoms with van der Waals surface area (Å²) in [7, 11) is 0. The molecule has 1 aromatic rings. The minimum atomic E-state index is -1.02. The predicted octanol–water partition coefficient (Wildman–Crippen LogP) is 0.920. The summed E-state index contributed by atoms with van der Waals surface area (Å²) in [6.07, 6.45) is 6.88. The summed E-state index contributed by atoms with van der Waals surface area (Å²) in [6.45, 7) is 0. The summed E-state index contributed by atoms with van der Waals surface area (Å²) in [5, 5.41) is 9.31. The number of carboxylic acids is 1. The van der Waals surface area contributed by atoms with Gasteiger partial charge in [0.1, 0.15) is 5.54 Å². The lowest BCUT2D eigenvalue weighted by Gasteiger charge is -2.33. The normalized spacial score (nSPS) is 20.0. The van der Waals surface area contributed by atoms with Crippen molar-refractivity contribution in [2.75, 3.05) is 0 Å². The summed E-state index contributed by atoms with van der Waals surface area (Å²) >= 11 is 0. The molecular weight excluding hydrogens is 196 g/mol. The van der Waals surface area contributed by atoms with Crippen LogP contribution in [0.4, 0.5) is 0 Å². The van der Waals surface area contributed by atoms with Gasteiger partial charge in [0.2, 0.25) is 0 Å². The van der Waals surface area contributed by atoms with Crippen molar-refractivity contribution in [1.29, 1.82) is 0 Å². The van der Waals surface area contributed by atoms with Gasteiger partial charge in [0, 0.05) is 12.4 Å². The molecule has 0 aliphatic heterocycles. The number of aromatic amines is 1. The van der Waals surface area contributed by atoms with E-state index in [1.165, 1.54) is 17.0 Å². The second-order valence-electron chi connectivity index (χ2n) is 4.03. The van der Waals surface area contributed by atoms with Crippen molar-refractivity contribution in [3.8, 4) is 0 Å². The van der Waals surface area contributed by atoms with Gasteiger partial charge in [-0.05, 0) is 12.8 Å². The van der Waals surface area contributed by atoms with E-state index in [0.717, 1.165) is 19.3 Å². The predicted molar refractivity (Wildman–Crippen MR) is 53.7 cm³/mol. The highest BCUT2D eigenvalue weighted by Gasteiger charge is 2.42. The van der Waals surface area contributed by atoms with Gasteiger partial charge in [-0.3, -0.25) is 4.57 Å². The van der Waals surface area contributed by atoms with Crippen LogP contribution in [0.25, 0.3) is 0 Å². The van der Waals surface area contributed by atoms with Crippen LogP contribution in [0.3, 0.4) is 0 Å². The second-order valence-corrected chi connectivity index (χ2v) is 4.03. The first-order valence-corrected chi connectivity index (χ1v) is 5.17. The SMILES string of the molecule is O=C(O)C1(n2cc[nH]c2=O)CCCCC1. The van der Waals surface area contributed by atoms with Crippen LogP contribution >= 0.6 is 0 Å². The molecule has 0 amide bonds. The Labute approximate surface area is 86.7 Å². The molecule has 0 bridgehead atoms. The van der Waals surface area contributed by atoms with Gasteiger partial charge in [-0.1, -0.05) is 19.3 Å². The molecular formula is C10H14N2O3. The molecule has 1 saturated carbocycles. The van der Waals surface area contributed by atoms with Gasteiger partial charge in [0.15, 0.2) is 0 Å². The number of aromatic nitrogens is 2. The molecule has 1 heterocycles. The van der Waals surface area contributed by atoms with Crippen molar-refractivity contribution in [3.05, 3.63) is 22.9 Å². The van der Waals surface area contributed by atoms with Gasteiger partial charge in [-0.15, -0.1) is 0 Å². The number of rotatable bonds is 2. The Morgan fingerprint density at radius 3 is 2.53 bits per heavy atom. The highest BCUT2D eigenvalue weighted by atomic mass is 16.4. The van der Waals surface area contributed by atoms with Crippen molar-refractivity contribution in [2.45, 2.75) is 37.6 Å². The van der Waals surface area contributed by atoms with Crippen LogP contribution in [-0.2, 0) is 10.3 Å². The minimum Gasteiger partial charge on any atom is -0.479 e. The first-order valence-electron chi connectivity index (χ1n) is 5.17. The standard InChI is InChI=1S/C10H14N2O3/c13-8(14)10(4-2-1-3-5-10)12-7-6-11-9(12)15/h6-7H,1-5H2,(H,11,15)(H,13,14). The van der Waals surface area contributed by atoms with Crippen LogP contribution in [0.5, 0.6) is 0 Å². The molecule has 1 aliphatic rings. The average molecular weight is 210 g/mol. The zero-order valence-corrected chi connectivity index (χ0v) is 8.40. The highest BCUT2D eigenvalue weighted by molar-refractivity contribution is 5.76. The van der Waals surface area contributed by atoms with E-state index in [9.17, 15) is 14.7 Å². The van der Waals surface area contributed by atoms with E-state index in [2.05, 4.69) is 4.98 Å². The number of hydrogen-bond donors (Lipinski definition) is 2. The second kappa shape index (κ2) is 3.56. The van der Waals surface area contributed by atoms with Gasteiger partial charge in [0.25, 0.3) is 0 Å². The van der Waals surface area contributed by atoms with Crippen molar-refractivity contribution >= 4 is 5.97 Å². The quantitative estimate of drug-likeness (QED) is 0.762. The van der Waals surface area contributed by atoms with Gasteiger partial charge < -0.3 is 10.1 Å². The van der Waals surface area contributed by atoms with Crippen molar-refractivity contribution < 1.29 is 9.90 Å². The number of nitrogens with zero attached hydrogens (tertiary/aromatic N) is 1. The molecule has 0 radical (unpaired) electrons. The van der Waals surface area contributed by atoms with E-state index in [-0.39, 0.29) is 5.69 Å². The zero-order chi connectivity index (χ0) is 10.9. The lowest BCUT2D eigenvalue weighted by atomic mass is 9.81. The molecule has 15 heavy (non-hydrogen) atoms. The molecule has 2 rings (SSSR count). The van der Waals surface area contributed by atoms with Crippen LogP contribution in [0.1, 0.15) is 32.1 Å². The lowest BCUT2D eigenvalue weighted by molar-refractivity contribution is -0.149. The smallest absolute Gasteiger partial charge is 0.330 e. The summed E-state index contributed by atoms with van der Waals surface area (Å²) in [4.78, 5) is 25.3. The number of carbonyl (C=O) groups is 1. The van der Waals surface area contributed by atoms with Crippen molar-refractivity contribution in [1.82, 2.24) is 9.55 Å². The summed E-state index contributed by atoms with van der Waals surface area (Å²) in [6, 6.07) is 0. The molecule has 0 atom stereocenters. The summed E-state index contributed by atoms with van der Waals surface area (Å²) in [5.74, 6) is -0.899. The molecule has 0 unspecified atom stereocenters. The molecule has 0 spiro atoms. The molecule has 1 fully saturated rings. The van der Waals surface area contributed by atoms with Gasteiger partial charge in [-0.2, -0.15) is 0 Å². The minimum absolute atomic E-state index is 0.334. The van der Waals surface area contributed by atoms with Crippen LogP contribution in [0, 0.1) is 0 Å². The van der Waals surface area contributed by atoms with Crippen molar-refractivity contribution in [2.24, 2.45) is 0 Å². The molecule has 0 aromatic carbocycles. The zero-order valence-electron chi connectivity index (χ0n) is 8.40. The van der Waals surface area contributed by atoms with Crippen LogP contribution in [0.2, 0.25) is 0 Å². The largest absolute Gasteiger partial charge is 0.479 e. The fraction of sp³-hybridized carbons (Fsp3) is 0.600. The van der Waals surface area contributed by atoms with Gasteiger partial charge >= 0.3 is 11.7 Å². The van der Waals surface area contributed by atoms with E-state index < -0.39 is 11.5 Å². The fourth-order valence-electron chi connectivity index (χ4n) is 2.35. The van der Waals surface area contributed by atoms with E-state index in [0.29, 0.717) is 12.8 Å². The van der Waals surface area contributed by atoms with E-state index in [1.54, 1.807) is 0 Å². The molecule has 0 saturated heterocycles. The Bertz CT molecular complexity index is 412. The van der Waals surface area contributed by atoms with E-state index >= 15 is 0 Å². The summed E-state index contributed by atoms with van der Waals surface area (Å²) in [5.41, 5.74) is -1.35. The molecule has 5 heteroatoms. The number of hydrogen-bond acceptors (Lipinski definition) is 2. The monoisotopic (exact) mass is 210 g/mol. The third-order valence-electron chi connectivity index (χ3n) is 3.19. The molecule has 2 N–H and O–H groups in total. The number of H-pyrrole nitrogens is 1. The Kier molecular flexibility index (Phi) is 2.38. The number of imidazole rings is 1. The first-order chi connectivity index (χ1) is 7.17. The third-order valence-corrected chi connectivity index (χ3v) is 3.19. The fourth-order valence-corrected chi connectivity index (χ4v) is 2.35. The number of nitrogens with one attached hydrogen (secondary N) is 1. The first kappa shape index (κ1) is 10.0. The Morgan fingerprint density at radius 1 is 1.40 bits per heavy atom. The third kappa shape index (κ3) is 1.48. The van der Waals surface area contributed by atoms with Crippen LogP contribution < -0.4 is 5.69 Å². The highest BCUT2D eigenvalue weighted by Crippen LogP contribution is 2.34. The summed E-state index contributed by atoms with van der Waals surface area (Å²) < 4.78 is 1.33. The van der Waals surface area contributed by atoms with E-state index in [1.807, 2.05) is 0 Å². The molecule has 1 aliphatic carbocycles. The average Bonchev–Trinajstić information content (AvgIpc) is 2.66. The Balaban J connectivity index is 2.47. The lowest BCUT2D eigenvalue weighted by Crippen LogP contribution is -2.47. The van der Waals surface area contributed by atoms with Crippen LogP contribution in [0.15, 0.2) is 17.2 Å². The maximum Gasteiger partial charge on any atom is 0.330 e. The number of carboxylic acid groups (broad SMARTS) is 1. The molecule has 82 valence electrons. The topological polar surface area (TPSA) is 75.1 Å². The Morgan fingerprint density at radius 2 is 2.07 bits per heavy atom. The maximum atomic E-state index is 11.5. The Hall–Kier alpha value is -1.52. The van der Waals surface area contributed by atoms with Crippen LogP contribution in [-0.4, -0.2) is 20.6 Å². The molecule has 5 nitrogen and oxygen atoms in total. The molecule has 1 aromatic heterocycles. The van der Waals surface area contributed by atoms with Gasteiger partial charge in [0.05, 0.1) is 0 Å².